The molecule has 0 saturated carbocycles. The molecular weight excluding hydrogens is 489 g/mol. The summed E-state index contributed by atoms with van der Waals surface area (Å²) in [6, 6.07) is 12.5. The van der Waals surface area contributed by atoms with Gasteiger partial charge < -0.3 is 9.47 Å². The van der Waals surface area contributed by atoms with E-state index in [1.807, 2.05) is 13.0 Å². The summed E-state index contributed by atoms with van der Waals surface area (Å²) in [5, 5.41) is 0.680. The highest BCUT2D eigenvalue weighted by Crippen LogP contribution is 2.33. The number of hydrogen-bond donors (Lipinski definition) is 0. The maximum Gasteiger partial charge on any atom is 0.433 e. The van der Waals surface area contributed by atoms with Crippen molar-refractivity contribution in [1.29, 1.82) is 0 Å². The molecule has 0 aliphatic carbocycles. The largest absolute Gasteiger partial charge is 0.483 e. The molecule has 0 unspecified atom stereocenters. The zero-order valence-electron chi connectivity index (χ0n) is 18.9. The van der Waals surface area contributed by atoms with Crippen molar-refractivity contribution in [1.82, 2.24) is 0 Å². The molecule has 0 radical (unpaired) electrons. The minimum absolute atomic E-state index is 0.0104. The summed E-state index contributed by atoms with van der Waals surface area (Å²) < 4.78 is 106. The number of fused-ring (bicyclic) bond motifs is 1. The van der Waals surface area contributed by atoms with E-state index in [1.165, 1.54) is 30.3 Å². The van der Waals surface area contributed by atoms with Crippen molar-refractivity contribution in [3.63, 3.8) is 0 Å². The molecule has 0 aromatic heterocycles. The van der Waals surface area contributed by atoms with Gasteiger partial charge in [-0.1, -0.05) is 37.6 Å². The molecule has 0 spiro atoms. The Morgan fingerprint density at radius 2 is 1.39 bits per heavy atom. The lowest BCUT2D eigenvalue weighted by Gasteiger charge is -2.19. The van der Waals surface area contributed by atoms with E-state index in [4.69, 9.17) is 4.74 Å². The maximum absolute atomic E-state index is 14.8. The summed E-state index contributed by atoms with van der Waals surface area (Å²) in [5.74, 6) is -8.18. The van der Waals surface area contributed by atoms with Crippen molar-refractivity contribution in [2.75, 3.05) is 6.61 Å². The quantitative estimate of drug-likeness (QED) is 0.176. The molecule has 0 N–H and O–H groups in total. The number of hydrogen-bond acceptors (Lipinski definition) is 2. The van der Waals surface area contributed by atoms with Gasteiger partial charge in [0, 0.05) is 23.1 Å². The summed E-state index contributed by atoms with van der Waals surface area (Å²) in [6.07, 6.45) is -2.41. The first kappa shape index (κ1) is 25.3. The van der Waals surface area contributed by atoms with Gasteiger partial charge in [0.25, 0.3) is 0 Å². The summed E-state index contributed by atoms with van der Waals surface area (Å²) >= 11 is 0. The second kappa shape index (κ2) is 10.1. The van der Waals surface area contributed by atoms with Crippen LogP contribution in [-0.2, 0) is 6.42 Å². The first-order chi connectivity index (χ1) is 17.1. The van der Waals surface area contributed by atoms with E-state index < -0.39 is 47.6 Å². The molecule has 0 amide bonds. The van der Waals surface area contributed by atoms with Crippen molar-refractivity contribution < 1.29 is 40.2 Å². The SMILES string of the molecule is CCCc1ccc2cc(-c3ccc(OCC(F)(F)Oc4cc(F)c(F)c(F)c4)cc3)c(F)c(F)c2c1. The highest BCUT2D eigenvalue weighted by atomic mass is 19.3. The van der Waals surface area contributed by atoms with Crippen LogP contribution in [-0.4, -0.2) is 12.7 Å². The molecule has 0 heterocycles. The van der Waals surface area contributed by atoms with Crippen LogP contribution < -0.4 is 9.47 Å². The summed E-state index contributed by atoms with van der Waals surface area (Å²) in [7, 11) is 0. The predicted molar refractivity (Wildman–Crippen MR) is 121 cm³/mol. The van der Waals surface area contributed by atoms with Gasteiger partial charge in [-0.15, -0.1) is 0 Å². The molecule has 0 bridgehead atoms. The Balaban J connectivity index is 1.49. The van der Waals surface area contributed by atoms with Crippen molar-refractivity contribution in [3.8, 4) is 22.6 Å². The lowest BCUT2D eigenvalue weighted by atomic mass is 9.97. The van der Waals surface area contributed by atoms with Crippen molar-refractivity contribution in [3.05, 3.63) is 95.3 Å². The van der Waals surface area contributed by atoms with Crippen LogP contribution >= 0.6 is 0 Å². The predicted octanol–water partition coefficient (Wildman–Crippen LogP) is 8.21. The van der Waals surface area contributed by atoms with Gasteiger partial charge in [-0.05, 0) is 47.2 Å². The smallest absolute Gasteiger partial charge is 0.433 e. The van der Waals surface area contributed by atoms with Gasteiger partial charge in [-0.25, -0.2) is 22.0 Å². The van der Waals surface area contributed by atoms with Crippen molar-refractivity contribution in [2.45, 2.75) is 25.9 Å². The standard InChI is InChI=1S/C27H19F7O2/c1-2-3-15-4-5-17-11-21(25(31)24(30)20(17)10-15)16-6-8-18(9-7-16)35-14-27(33,34)36-19-12-22(28)26(32)23(29)13-19/h4-13H,2-3,14H2,1H3. The molecule has 4 aromatic rings. The zero-order chi connectivity index (χ0) is 26.0. The monoisotopic (exact) mass is 508 g/mol. The van der Waals surface area contributed by atoms with E-state index in [1.54, 1.807) is 12.1 Å². The number of alkyl halides is 2. The molecule has 4 aromatic carbocycles. The van der Waals surface area contributed by atoms with E-state index in [9.17, 15) is 30.7 Å². The molecule has 4 rings (SSSR count). The van der Waals surface area contributed by atoms with Crippen LogP contribution in [0.2, 0.25) is 0 Å². The Kier molecular flexibility index (Phi) is 7.10. The Labute approximate surface area is 201 Å². The second-order valence-corrected chi connectivity index (χ2v) is 8.11. The minimum atomic E-state index is -4.01. The third kappa shape index (κ3) is 5.40. The Morgan fingerprint density at radius 1 is 0.722 bits per heavy atom. The molecule has 0 aliphatic rings. The Morgan fingerprint density at radius 3 is 2.03 bits per heavy atom. The average Bonchev–Trinajstić information content (AvgIpc) is 2.84. The van der Waals surface area contributed by atoms with Gasteiger partial charge in [0.1, 0.15) is 11.5 Å². The fraction of sp³-hybridized carbons (Fsp3) is 0.185. The van der Waals surface area contributed by atoms with Crippen molar-refractivity contribution >= 4 is 10.8 Å². The fourth-order valence-electron chi connectivity index (χ4n) is 3.72. The molecule has 0 fully saturated rings. The van der Waals surface area contributed by atoms with Crippen molar-refractivity contribution in [2.24, 2.45) is 0 Å². The molecule has 0 atom stereocenters. The van der Waals surface area contributed by atoms with E-state index in [0.717, 1.165) is 18.4 Å². The van der Waals surface area contributed by atoms with Crippen LogP contribution in [0.15, 0.2) is 60.7 Å². The maximum atomic E-state index is 14.8. The second-order valence-electron chi connectivity index (χ2n) is 8.11. The average molecular weight is 508 g/mol. The summed E-state index contributed by atoms with van der Waals surface area (Å²) in [6.45, 7) is 0.644. The van der Waals surface area contributed by atoms with Gasteiger partial charge in [-0.3, -0.25) is 0 Å². The van der Waals surface area contributed by atoms with Crippen LogP contribution in [0, 0.1) is 29.1 Å². The van der Waals surface area contributed by atoms with Crippen LogP contribution in [0.5, 0.6) is 11.5 Å². The zero-order valence-corrected chi connectivity index (χ0v) is 18.9. The molecular formula is C27H19F7O2. The lowest BCUT2D eigenvalue weighted by Crippen LogP contribution is -2.32. The van der Waals surface area contributed by atoms with E-state index in [2.05, 4.69) is 4.74 Å². The first-order valence-corrected chi connectivity index (χ1v) is 10.9. The molecule has 36 heavy (non-hydrogen) atoms. The normalized spacial score (nSPS) is 11.7. The third-order valence-corrected chi connectivity index (χ3v) is 5.42. The fourth-order valence-corrected chi connectivity index (χ4v) is 3.72. The van der Waals surface area contributed by atoms with Gasteiger partial charge in [0.2, 0.25) is 0 Å². The third-order valence-electron chi connectivity index (χ3n) is 5.42. The van der Waals surface area contributed by atoms with Crippen LogP contribution in [0.1, 0.15) is 18.9 Å². The summed E-state index contributed by atoms with van der Waals surface area (Å²) in [5.41, 5.74) is 1.18. The molecule has 0 aliphatic heterocycles. The topological polar surface area (TPSA) is 18.5 Å². The highest BCUT2D eigenvalue weighted by Gasteiger charge is 2.34. The van der Waals surface area contributed by atoms with E-state index in [0.29, 0.717) is 10.9 Å². The lowest BCUT2D eigenvalue weighted by molar-refractivity contribution is -0.195. The van der Waals surface area contributed by atoms with Gasteiger partial charge >= 0.3 is 6.11 Å². The van der Waals surface area contributed by atoms with Crippen LogP contribution in [0.25, 0.3) is 21.9 Å². The number of aryl methyl sites for hydroxylation is 1. The Hall–Kier alpha value is -3.75. The van der Waals surface area contributed by atoms with Crippen LogP contribution in [0.3, 0.4) is 0 Å². The molecule has 0 saturated heterocycles. The Bertz CT molecular complexity index is 1380. The van der Waals surface area contributed by atoms with Gasteiger partial charge in [-0.2, -0.15) is 8.78 Å². The summed E-state index contributed by atoms with van der Waals surface area (Å²) in [4.78, 5) is 0. The van der Waals surface area contributed by atoms with E-state index in [-0.39, 0.29) is 28.8 Å². The van der Waals surface area contributed by atoms with Gasteiger partial charge in [0.15, 0.2) is 35.7 Å². The molecule has 9 heteroatoms. The molecule has 188 valence electrons. The molecule has 2 nitrogen and oxygen atoms in total. The van der Waals surface area contributed by atoms with Gasteiger partial charge in [0.05, 0.1) is 0 Å². The number of rotatable bonds is 8. The number of ether oxygens (including phenoxy) is 2. The highest BCUT2D eigenvalue weighted by molar-refractivity contribution is 5.89. The van der Waals surface area contributed by atoms with Crippen LogP contribution in [0.4, 0.5) is 30.7 Å². The first-order valence-electron chi connectivity index (χ1n) is 10.9. The minimum Gasteiger partial charge on any atom is -0.483 e. The number of halogens is 7. The van der Waals surface area contributed by atoms with E-state index >= 15 is 0 Å². The number of benzene rings is 4.